The summed E-state index contributed by atoms with van der Waals surface area (Å²) in [5.41, 5.74) is -2.15. The number of hydrogen-bond acceptors (Lipinski definition) is 3. The minimum Gasteiger partial charge on any atom is -0.479 e. The highest BCUT2D eigenvalue weighted by molar-refractivity contribution is 5.86. The molecule has 1 N–H and O–H groups in total. The Kier molecular flexibility index (Phi) is 3.88. The molecule has 1 amide bonds. The summed E-state index contributed by atoms with van der Waals surface area (Å²) in [4.78, 5) is 24.4. The van der Waals surface area contributed by atoms with Gasteiger partial charge in [-0.15, -0.1) is 0 Å². The highest BCUT2D eigenvalue weighted by Gasteiger charge is 2.57. The van der Waals surface area contributed by atoms with Gasteiger partial charge in [0.2, 0.25) is 0 Å². The number of alkyl halides is 1. The minimum atomic E-state index is -1.45. The Morgan fingerprint density at radius 1 is 1.44 bits per heavy atom. The van der Waals surface area contributed by atoms with E-state index in [1.807, 2.05) is 0 Å². The molecule has 1 aliphatic rings. The number of aliphatic carboxylic acids is 1. The molecule has 104 valence electrons. The van der Waals surface area contributed by atoms with Crippen LogP contribution >= 0.6 is 0 Å². The lowest BCUT2D eigenvalue weighted by Crippen LogP contribution is -2.65. The van der Waals surface area contributed by atoms with Crippen molar-refractivity contribution in [2.75, 3.05) is 6.54 Å². The van der Waals surface area contributed by atoms with Crippen molar-refractivity contribution in [1.29, 1.82) is 0 Å². The monoisotopic (exact) mass is 261 g/mol. The van der Waals surface area contributed by atoms with Gasteiger partial charge in [-0.25, -0.2) is 14.0 Å². The topological polar surface area (TPSA) is 66.8 Å². The van der Waals surface area contributed by atoms with Crippen LogP contribution in [-0.4, -0.2) is 45.9 Å². The van der Waals surface area contributed by atoms with Crippen molar-refractivity contribution >= 4 is 12.1 Å². The van der Waals surface area contributed by atoms with E-state index in [1.54, 1.807) is 27.7 Å². The Morgan fingerprint density at radius 3 is 2.22 bits per heavy atom. The van der Waals surface area contributed by atoms with Crippen LogP contribution in [0.15, 0.2) is 0 Å². The minimum absolute atomic E-state index is 0.171. The number of amides is 1. The summed E-state index contributed by atoms with van der Waals surface area (Å²) < 4.78 is 18.2. The molecule has 0 radical (unpaired) electrons. The first-order chi connectivity index (χ1) is 8.12. The van der Waals surface area contributed by atoms with Crippen molar-refractivity contribution in [2.45, 2.75) is 57.8 Å². The summed E-state index contributed by atoms with van der Waals surface area (Å²) in [6, 6.07) is 0. The number of halogens is 1. The fourth-order valence-corrected chi connectivity index (χ4v) is 2.11. The van der Waals surface area contributed by atoms with Gasteiger partial charge in [0, 0.05) is 19.4 Å². The Hall–Kier alpha value is -1.33. The number of carbonyl (C=O) groups excluding carboxylic acids is 1. The summed E-state index contributed by atoms with van der Waals surface area (Å²) in [6.07, 6.45) is -2.22. The van der Waals surface area contributed by atoms with Crippen LogP contribution in [0.5, 0.6) is 0 Å². The second-order valence-electron chi connectivity index (χ2n) is 5.57. The van der Waals surface area contributed by atoms with Gasteiger partial charge in [-0.05, 0) is 27.7 Å². The van der Waals surface area contributed by atoms with Gasteiger partial charge in [-0.1, -0.05) is 0 Å². The van der Waals surface area contributed by atoms with Crippen molar-refractivity contribution in [1.82, 2.24) is 4.90 Å². The SMILES string of the molecule is CCN(C(=O)OC(C)(C)C)C1(C(=O)O)CC(F)C1. The van der Waals surface area contributed by atoms with Gasteiger partial charge in [0.15, 0.2) is 0 Å². The summed E-state index contributed by atoms with van der Waals surface area (Å²) in [7, 11) is 0. The number of nitrogens with zero attached hydrogens (tertiary/aromatic N) is 1. The van der Waals surface area contributed by atoms with Gasteiger partial charge in [0.25, 0.3) is 0 Å². The van der Waals surface area contributed by atoms with E-state index >= 15 is 0 Å². The largest absolute Gasteiger partial charge is 0.479 e. The maximum atomic E-state index is 13.0. The number of ether oxygens (including phenoxy) is 1. The molecule has 1 saturated carbocycles. The number of likely N-dealkylation sites (N-methyl/N-ethyl adjacent to an activating group) is 1. The third-order valence-corrected chi connectivity index (χ3v) is 2.96. The normalized spacial score (nSPS) is 27.3. The molecular formula is C12H20FNO4. The molecule has 0 spiro atoms. The third kappa shape index (κ3) is 2.73. The average Bonchev–Trinajstić information content (AvgIpc) is 2.11. The quantitative estimate of drug-likeness (QED) is 0.845. The zero-order valence-corrected chi connectivity index (χ0v) is 11.2. The fraction of sp³-hybridized carbons (Fsp3) is 0.833. The van der Waals surface area contributed by atoms with Crippen LogP contribution in [0.4, 0.5) is 9.18 Å². The fourth-order valence-electron chi connectivity index (χ4n) is 2.11. The van der Waals surface area contributed by atoms with E-state index in [-0.39, 0.29) is 19.4 Å². The first-order valence-electron chi connectivity index (χ1n) is 6.00. The van der Waals surface area contributed by atoms with Gasteiger partial charge in [-0.3, -0.25) is 4.90 Å². The van der Waals surface area contributed by atoms with Gasteiger partial charge in [-0.2, -0.15) is 0 Å². The van der Waals surface area contributed by atoms with E-state index in [2.05, 4.69) is 0 Å². The van der Waals surface area contributed by atoms with Gasteiger partial charge in [0.1, 0.15) is 17.3 Å². The van der Waals surface area contributed by atoms with Crippen LogP contribution in [0.1, 0.15) is 40.5 Å². The molecule has 0 atom stereocenters. The zero-order chi connectivity index (χ0) is 14.1. The maximum Gasteiger partial charge on any atom is 0.411 e. The average molecular weight is 261 g/mol. The molecule has 1 fully saturated rings. The van der Waals surface area contributed by atoms with Crippen molar-refractivity contribution < 1.29 is 23.8 Å². The first kappa shape index (κ1) is 14.7. The van der Waals surface area contributed by atoms with Gasteiger partial charge < -0.3 is 9.84 Å². The van der Waals surface area contributed by atoms with Crippen LogP contribution in [0.2, 0.25) is 0 Å². The lowest BCUT2D eigenvalue weighted by atomic mass is 9.74. The van der Waals surface area contributed by atoms with E-state index in [0.717, 1.165) is 4.90 Å². The molecule has 0 aromatic carbocycles. The van der Waals surface area contributed by atoms with E-state index in [1.165, 1.54) is 0 Å². The standard InChI is InChI=1S/C12H20FNO4/c1-5-14(10(17)18-11(2,3)4)12(9(15)16)6-8(13)7-12/h8H,5-7H2,1-4H3,(H,15,16). The van der Waals surface area contributed by atoms with Crippen LogP contribution in [0.25, 0.3) is 0 Å². The van der Waals surface area contributed by atoms with E-state index in [9.17, 15) is 19.1 Å². The van der Waals surface area contributed by atoms with E-state index in [4.69, 9.17) is 4.74 Å². The molecule has 1 rings (SSSR count). The molecule has 5 nitrogen and oxygen atoms in total. The van der Waals surface area contributed by atoms with Crippen LogP contribution in [0.3, 0.4) is 0 Å². The molecule has 0 aromatic rings. The highest BCUT2D eigenvalue weighted by atomic mass is 19.1. The molecule has 6 heteroatoms. The maximum absolute atomic E-state index is 13.0. The van der Waals surface area contributed by atoms with Crippen LogP contribution in [0, 0.1) is 0 Å². The molecule has 18 heavy (non-hydrogen) atoms. The van der Waals surface area contributed by atoms with E-state index in [0.29, 0.717) is 0 Å². The number of carboxylic acids is 1. The predicted molar refractivity (Wildman–Crippen MR) is 63.1 cm³/mol. The lowest BCUT2D eigenvalue weighted by molar-refractivity contribution is -0.162. The van der Waals surface area contributed by atoms with Crippen LogP contribution < -0.4 is 0 Å². The molecular weight excluding hydrogens is 241 g/mol. The molecule has 0 bridgehead atoms. The number of rotatable bonds is 3. The van der Waals surface area contributed by atoms with Gasteiger partial charge >= 0.3 is 12.1 Å². The zero-order valence-electron chi connectivity index (χ0n) is 11.2. The predicted octanol–water partition coefficient (Wildman–Crippen LogP) is 2.20. The highest BCUT2D eigenvalue weighted by Crippen LogP contribution is 2.40. The van der Waals surface area contributed by atoms with Crippen molar-refractivity contribution in [2.24, 2.45) is 0 Å². The molecule has 0 saturated heterocycles. The van der Waals surface area contributed by atoms with Crippen LogP contribution in [-0.2, 0) is 9.53 Å². The second-order valence-corrected chi connectivity index (χ2v) is 5.57. The van der Waals surface area contributed by atoms with Gasteiger partial charge in [0.05, 0.1) is 0 Å². The lowest BCUT2D eigenvalue weighted by Gasteiger charge is -2.47. The number of hydrogen-bond donors (Lipinski definition) is 1. The summed E-state index contributed by atoms with van der Waals surface area (Å²) in [5, 5.41) is 9.23. The Bertz CT molecular complexity index is 344. The molecule has 0 aromatic heterocycles. The summed E-state index contributed by atoms with van der Waals surface area (Å²) >= 11 is 0. The number of carboxylic acid groups (broad SMARTS) is 1. The first-order valence-corrected chi connectivity index (χ1v) is 6.00. The Morgan fingerprint density at radius 2 is 1.94 bits per heavy atom. The Balaban J connectivity index is 2.88. The molecule has 0 aliphatic heterocycles. The molecule has 0 heterocycles. The smallest absolute Gasteiger partial charge is 0.411 e. The van der Waals surface area contributed by atoms with E-state index < -0.39 is 29.4 Å². The number of carbonyl (C=O) groups is 2. The molecule has 0 unspecified atom stereocenters. The van der Waals surface area contributed by atoms with Crippen molar-refractivity contribution in [3.63, 3.8) is 0 Å². The Labute approximate surface area is 106 Å². The molecule has 1 aliphatic carbocycles. The summed E-state index contributed by atoms with van der Waals surface area (Å²) in [5.74, 6) is -1.18. The third-order valence-electron chi connectivity index (χ3n) is 2.96. The summed E-state index contributed by atoms with van der Waals surface area (Å²) in [6.45, 7) is 6.93. The second kappa shape index (κ2) is 4.74. The van der Waals surface area contributed by atoms with Crippen molar-refractivity contribution in [3.8, 4) is 0 Å². The van der Waals surface area contributed by atoms with Crippen molar-refractivity contribution in [3.05, 3.63) is 0 Å².